The second-order valence-corrected chi connectivity index (χ2v) is 9.45. The summed E-state index contributed by atoms with van der Waals surface area (Å²) in [5.41, 5.74) is 0.909. The molecule has 154 valence electrons. The summed E-state index contributed by atoms with van der Waals surface area (Å²) in [6.45, 7) is 5.33. The maximum Gasteiger partial charge on any atom is 0.338 e. The summed E-state index contributed by atoms with van der Waals surface area (Å²) in [6.07, 6.45) is 4.09. The average Bonchev–Trinajstić information content (AvgIpc) is 3.07. The van der Waals surface area contributed by atoms with Gasteiger partial charge in [-0.2, -0.15) is 4.31 Å². The van der Waals surface area contributed by atoms with Gasteiger partial charge in [0.25, 0.3) is 0 Å². The molecular weight excluding hydrogens is 380 g/mol. The van der Waals surface area contributed by atoms with E-state index in [0.717, 1.165) is 25.7 Å². The normalized spacial score (nSPS) is 21.1. The molecule has 3 rings (SSSR count). The van der Waals surface area contributed by atoms with Gasteiger partial charge in [-0.15, -0.1) is 0 Å². The van der Waals surface area contributed by atoms with Crippen LogP contribution in [0, 0.1) is 6.92 Å². The van der Waals surface area contributed by atoms with Crippen molar-refractivity contribution in [1.82, 2.24) is 9.21 Å². The number of amides is 1. The summed E-state index contributed by atoms with van der Waals surface area (Å²) < 4.78 is 32.9. The van der Waals surface area contributed by atoms with Crippen molar-refractivity contribution in [2.75, 3.05) is 26.2 Å². The molecule has 28 heavy (non-hydrogen) atoms. The van der Waals surface area contributed by atoms with E-state index in [1.54, 1.807) is 24.0 Å². The highest BCUT2D eigenvalue weighted by Gasteiger charge is 2.31. The first-order chi connectivity index (χ1) is 13.3. The lowest BCUT2D eigenvalue weighted by atomic mass is 10.1. The van der Waals surface area contributed by atoms with Crippen LogP contribution in [0.4, 0.5) is 0 Å². The number of sulfonamides is 1. The number of carbonyl (C=O) groups excluding carboxylic acids is 2. The van der Waals surface area contributed by atoms with Gasteiger partial charge in [0.15, 0.2) is 0 Å². The average molecular weight is 409 g/mol. The second-order valence-electron chi connectivity index (χ2n) is 7.56. The van der Waals surface area contributed by atoms with Crippen molar-refractivity contribution < 1.29 is 22.7 Å². The Morgan fingerprint density at radius 1 is 1.21 bits per heavy atom. The Morgan fingerprint density at radius 2 is 2.00 bits per heavy atom. The van der Waals surface area contributed by atoms with Crippen LogP contribution in [0.2, 0.25) is 0 Å². The first-order valence-corrected chi connectivity index (χ1v) is 11.3. The van der Waals surface area contributed by atoms with Gasteiger partial charge in [0, 0.05) is 25.6 Å². The van der Waals surface area contributed by atoms with Crippen molar-refractivity contribution >= 4 is 21.9 Å². The highest BCUT2D eigenvalue weighted by Crippen LogP contribution is 2.26. The van der Waals surface area contributed by atoms with E-state index in [-0.39, 0.29) is 29.0 Å². The van der Waals surface area contributed by atoms with Gasteiger partial charge in [-0.3, -0.25) is 4.79 Å². The van der Waals surface area contributed by atoms with Crippen LogP contribution in [-0.2, 0) is 19.6 Å². The van der Waals surface area contributed by atoms with Gasteiger partial charge in [-0.1, -0.05) is 12.5 Å². The molecule has 0 spiro atoms. The summed E-state index contributed by atoms with van der Waals surface area (Å²) >= 11 is 0. The van der Waals surface area contributed by atoms with Gasteiger partial charge >= 0.3 is 5.97 Å². The number of rotatable bonds is 6. The van der Waals surface area contributed by atoms with E-state index in [9.17, 15) is 18.0 Å². The number of esters is 1. The topological polar surface area (TPSA) is 84.0 Å². The predicted molar refractivity (Wildman–Crippen MR) is 104 cm³/mol. The summed E-state index contributed by atoms with van der Waals surface area (Å²) in [5, 5.41) is 0. The van der Waals surface area contributed by atoms with E-state index >= 15 is 0 Å². The molecule has 0 N–H and O–H groups in total. The number of piperidine rings is 1. The number of hydrogen-bond donors (Lipinski definition) is 0. The van der Waals surface area contributed by atoms with E-state index in [0.29, 0.717) is 31.6 Å². The molecule has 1 aromatic rings. The smallest absolute Gasteiger partial charge is 0.338 e. The lowest BCUT2D eigenvalue weighted by Gasteiger charge is -2.32. The molecule has 0 aromatic heterocycles. The van der Waals surface area contributed by atoms with Crippen LogP contribution in [-0.4, -0.2) is 61.8 Å². The highest BCUT2D eigenvalue weighted by atomic mass is 32.2. The van der Waals surface area contributed by atoms with Crippen LogP contribution < -0.4 is 0 Å². The van der Waals surface area contributed by atoms with Gasteiger partial charge < -0.3 is 9.64 Å². The SMILES string of the molecule is Cc1ccc(S(=O)(=O)N2CCCCC2C)cc1C(=O)OCCN1CCCC1=O. The molecule has 2 fully saturated rings. The zero-order valence-electron chi connectivity index (χ0n) is 16.5. The van der Waals surface area contributed by atoms with Crippen molar-refractivity contribution in [2.24, 2.45) is 0 Å². The maximum atomic E-state index is 13.0. The Morgan fingerprint density at radius 3 is 2.68 bits per heavy atom. The summed E-state index contributed by atoms with van der Waals surface area (Å²) in [4.78, 5) is 25.9. The zero-order valence-corrected chi connectivity index (χ0v) is 17.3. The van der Waals surface area contributed by atoms with Crippen LogP contribution in [0.1, 0.15) is 54.9 Å². The summed E-state index contributed by atoms with van der Waals surface area (Å²) in [5.74, 6) is -0.483. The van der Waals surface area contributed by atoms with E-state index in [1.165, 1.54) is 10.4 Å². The van der Waals surface area contributed by atoms with Crippen molar-refractivity contribution in [3.8, 4) is 0 Å². The molecule has 0 aliphatic carbocycles. The number of benzene rings is 1. The molecule has 2 aliphatic rings. The molecule has 0 saturated carbocycles. The second kappa shape index (κ2) is 8.61. The van der Waals surface area contributed by atoms with Crippen molar-refractivity contribution in [2.45, 2.75) is 56.9 Å². The molecule has 2 saturated heterocycles. The van der Waals surface area contributed by atoms with Crippen LogP contribution >= 0.6 is 0 Å². The number of nitrogens with zero attached hydrogens (tertiary/aromatic N) is 2. The van der Waals surface area contributed by atoms with Crippen LogP contribution in [0.3, 0.4) is 0 Å². The summed E-state index contributed by atoms with van der Waals surface area (Å²) in [7, 11) is -3.65. The number of aryl methyl sites for hydroxylation is 1. The van der Waals surface area contributed by atoms with Gasteiger partial charge in [0.2, 0.25) is 15.9 Å². The summed E-state index contributed by atoms with van der Waals surface area (Å²) in [6, 6.07) is 4.55. The maximum absolute atomic E-state index is 13.0. The molecule has 1 aromatic carbocycles. The minimum absolute atomic E-state index is 0.0477. The fraction of sp³-hybridized carbons (Fsp3) is 0.600. The first-order valence-electron chi connectivity index (χ1n) is 9.88. The lowest BCUT2D eigenvalue weighted by Crippen LogP contribution is -2.41. The third-order valence-electron chi connectivity index (χ3n) is 5.54. The Hall–Kier alpha value is -1.93. The highest BCUT2D eigenvalue weighted by molar-refractivity contribution is 7.89. The van der Waals surface area contributed by atoms with Crippen LogP contribution in [0.15, 0.2) is 23.1 Å². The molecule has 7 nitrogen and oxygen atoms in total. The third kappa shape index (κ3) is 4.38. The van der Waals surface area contributed by atoms with E-state index < -0.39 is 16.0 Å². The molecule has 8 heteroatoms. The zero-order chi connectivity index (χ0) is 20.3. The quantitative estimate of drug-likeness (QED) is 0.675. The van der Waals surface area contributed by atoms with Crippen molar-refractivity contribution in [1.29, 1.82) is 0 Å². The first kappa shape index (κ1) is 20.8. The minimum Gasteiger partial charge on any atom is -0.460 e. The molecule has 2 heterocycles. The number of likely N-dealkylation sites (tertiary alicyclic amines) is 1. The van der Waals surface area contributed by atoms with E-state index in [1.807, 2.05) is 6.92 Å². The lowest BCUT2D eigenvalue weighted by molar-refractivity contribution is -0.128. The Bertz CT molecular complexity index is 852. The monoisotopic (exact) mass is 408 g/mol. The van der Waals surface area contributed by atoms with Gasteiger partial charge in [-0.25, -0.2) is 13.2 Å². The fourth-order valence-corrected chi connectivity index (χ4v) is 5.54. The van der Waals surface area contributed by atoms with E-state index in [4.69, 9.17) is 4.74 Å². The van der Waals surface area contributed by atoms with Crippen LogP contribution in [0.25, 0.3) is 0 Å². The molecule has 1 atom stereocenters. The van der Waals surface area contributed by atoms with Crippen molar-refractivity contribution in [3.63, 3.8) is 0 Å². The standard InChI is InChI=1S/C20H28N2O5S/c1-15-8-9-17(28(25,26)22-11-4-3-6-16(22)2)14-18(15)20(24)27-13-12-21-10-5-7-19(21)23/h8-9,14,16H,3-7,10-13H2,1-2H3. The Labute approximate surface area is 166 Å². The number of ether oxygens (including phenoxy) is 1. The minimum atomic E-state index is -3.65. The molecule has 2 aliphatic heterocycles. The fourth-order valence-electron chi connectivity index (χ4n) is 3.81. The number of carbonyl (C=O) groups is 2. The largest absolute Gasteiger partial charge is 0.460 e. The van der Waals surface area contributed by atoms with Crippen molar-refractivity contribution in [3.05, 3.63) is 29.3 Å². The Balaban J connectivity index is 1.71. The Kier molecular flexibility index (Phi) is 6.40. The van der Waals surface area contributed by atoms with Crippen LogP contribution in [0.5, 0.6) is 0 Å². The van der Waals surface area contributed by atoms with Gasteiger partial charge in [-0.05, 0) is 50.8 Å². The molecule has 1 unspecified atom stereocenters. The predicted octanol–water partition coefficient (Wildman–Crippen LogP) is 2.34. The molecule has 1 amide bonds. The van der Waals surface area contributed by atoms with E-state index in [2.05, 4.69) is 0 Å². The molecule has 0 bridgehead atoms. The molecular formula is C20H28N2O5S. The van der Waals surface area contributed by atoms with Gasteiger partial charge in [0.05, 0.1) is 17.0 Å². The van der Waals surface area contributed by atoms with Gasteiger partial charge in [0.1, 0.15) is 6.61 Å². The third-order valence-corrected chi connectivity index (χ3v) is 7.55. The molecule has 0 radical (unpaired) electrons. The number of hydrogen-bond acceptors (Lipinski definition) is 5.